The molecule has 0 bridgehead atoms. The highest BCUT2D eigenvalue weighted by molar-refractivity contribution is 7.10. The van der Waals surface area contributed by atoms with E-state index in [1.54, 1.807) is 11.3 Å². The van der Waals surface area contributed by atoms with Crippen molar-refractivity contribution in [3.05, 3.63) is 92.7 Å². The molecule has 0 saturated carbocycles. The maximum atomic E-state index is 13.3. The van der Waals surface area contributed by atoms with Gasteiger partial charge >= 0.3 is 0 Å². The van der Waals surface area contributed by atoms with Gasteiger partial charge in [-0.2, -0.15) is 0 Å². The number of nitrogens with zero attached hydrogens (tertiary/aromatic N) is 1. The summed E-state index contributed by atoms with van der Waals surface area (Å²) >= 11 is 1.80. The number of rotatable bonds is 2. The molecule has 2 heterocycles. The molecule has 25 heavy (non-hydrogen) atoms. The van der Waals surface area contributed by atoms with Gasteiger partial charge in [0.05, 0.1) is 6.04 Å². The van der Waals surface area contributed by atoms with Crippen molar-refractivity contribution in [1.82, 2.24) is 4.90 Å². The molecule has 0 fully saturated rings. The van der Waals surface area contributed by atoms with Gasteiger partial charge in [0, 0.05) is 17.0 Å². The van der Waals surface area contributed by atoms with Gasteiger partial charge in [-0.05, 0) is 54.5 Å². The van der Waals surface area contributed by atoms with E-state index in [1.165, 1.54) is 21.6 Å². The van der Waals surface area contributed by atoms with Crippen LogP contribution in [-0.2, 0) is 6.42 Å². The summed E-state index contributed by atoms with van der Waals surface area (Å²) in [7, 11) is 0. The zero-order valence-corrected chi connectivity index (χ0v) is 15.3. The van der Waals surface area contributed by atoms with Crippen LogP contribution in [-0.4, -0.2) is 17.4 Å². The average Bonchev–Trinajstić information content (AvgIpc) is 3.10. The molecule has 1 amide bonds. The standard InChI is InChI=1S/C22H21NOS/c1-15-7-9-17(10-8-15)21-19-12-14-25-20(19)11-13-23(21)22(24)18-6-4-3-5-16(18)2/h3-10,12,14,21H,11,13H2,1-2H3/t21-/m0/s1. The first kappa shape index (κ1) is 16.1. The van der Waals surface area contributed by atoms with E-state index in [4.69, 9.17) is 0 Å². The quantitative estimate of drug-likeness (QED) is 0.627. The van der Waals surface area contributed by atoms with Crippen LogP contribution in [0, 0.1) is 13.8 Å². The third-order valence-corrected chi connectivity index (χ3v) is 5.99. The molecule has 2 nitrogen and oxygen atoms in total. The Bertz CT molecular complexity index is 910. The van der Waals surface area contributed by atoms with Crippen LogP contribution in [0.4, 0.5) is 0 Å². The lowest BCUT2D eigenvalue weighted by molar-refractivity contribution is 0.0695. The van der Waals surface area contributed by atoms with E-state index in [1.807, 2.05) is 36.1 Å². The molecule has 0 aliphatic carbocycles. The highest BCUT2D eigenvalue weighted by atomic mass is 32.1. The Morgan fingerprint density at radius 1 is 1.04 bits per heavy atom. The number of hydrogen-bond acceptors (Lipinski definition) is 2. The molecular formula is C22H21NOS. The molecule has 1 aliphatic rings. The molecule has 0 N–H and O–H groups in total. The van der Waals surface area contributed by atoms with E-state index < -0.39 is 0 Å². The first-order chi connectivity index (χ1) is 12.1. The molecule has 3 heteroatoms. The van der Waals surface area contributed by atoms with Crippen molar-refractivity contribution in [2.75, 3.05) is 6.54 Å². The second-order valence-corrected chi connectivity index (χ2v) is 7.68. The second kappa shape index (κ2) is 6.49. The molecule has 3 aromatic rings. The van der Waals surface area contributed by atoms with Gasteiger partial charge in [0.15, 0.2) is 0 Å². The molecule has 2 aromatic carbocycles. The summed E-state index contributed by atoms with van der Waals surface area (Å²) in [5.74, 6) is 0.125. The first-order valence-electron chi connectivity index (χ1n) is 8.64. The highest BCUT2D eigenvalue weighted by Crippen LogP contribution is 2.38. The van der Waals surface area contributed by atoms with Gasteiger partial charge in [0.25, 0.3) is 5.91 Å². The van der Waals surface area contributed by atoms with Gasteiger partial charge in [0.2, 0.25) is 0 Å². The lowest BCUT2D eigenvalue weighted by Crippen LogP contribution is -2.40. The molecule has 1 aliphatic heterocycles. The average molecular weight is 347 g/mol. The number of fused-ring (bicyclic) bond motifs is 1. The number of benzene rings is 2. The van der Waals surface area contributed by atoms with E-state index in [-0.39, 0.29) is 11.9 Å². The Morgan fingerprint density at radius 2 is 1.80 bits per heavy atom. The fraction of sp³-hybridized carbons (Fsp3) is 0.227. The lowest BCUT2D eigenvalue weighted by Gasteiger charge is -2.36. The van der Waals surface area contributed by atoms with Crippen LogP contribution in [0.5, 0.6) is 0 Å². The van der Waals surface area contributed by atoms with Gasteiger partial charge in [-0.3, -0.25) is 4.79 Å². The van der Waals surface area contributed by atoms with Crippen molar-refractivity contribution in [3.8, 4) is 0 Å². The monoisotopic (exact) mass is 347 g/mol. The minimum absolute atomic E-state index is 0.00251. The van der Waals surface area contributed by atoms with Crippen molar-refractivity contribution >= 4 is 17.2 Å². The number of thiophene rings is 1. The normalized spacial score (nSPS) is 16.6. The van der Waals surface area contributed by atoms with Crippen LogP contribution in [0.25, 0.3) is 0 Å². The number of amides is 1. The summed E-state index contributed by atoms with van der Waals surface area (Å²) in [4.78, 5) is 16.8. The number of carbonyl (C=O) groups excluding carboxylic acids is 1. The van der Waals surface area contributed by atoms with E-state index in [9.17, 15) is 4.79 Å². The summed E-state index contributed by atoms with van der Waals surface area (Å²) < 4.78 is 0. The van der Waals surface area contributed by atoms with Crippen molar-refractivity contribution in [2.45, 2.75) is 26.3 Å². The Kier molecular flexibility index (Phi) is 4.18. The zero-order chi connectivity index (χ0) is 17.4. The predicted molar refractivity (Wildman–Crippen MR) is 103 cm³/mol. The maximum absolute atomic E-state index is 13.3. The molecule has 1 atom stereocenters. The van der Waals surface area contributed by atoms with Crippen LogP contribution in [0.3, 0.4) is 0 Å². The predicted octanol–water partition coefficient (Wildman–Crippen LogP) is 5.15. The first-order valence-corrected chi connectivity index (χ1v) is 9.52. The van der Waals surface area contributed by atoms with E-state index >= 15 is 0 Å². The van der Waals surface area contributed by atoms with Crippen molar-refractivity contribution in [2.24, 2.45) is 0 Å². The van der Waals surface area contributed by atoms with Crippen molar-refractivity contribution in [3.63, 3.8) is 0 Å². The SMILES string of the molecule is Cc1ccc([C@H]2c3ccsc3CCN2C(=O)c2ccccc2C)cc1. The molecule has 0 unspecified atom stereocenters. The Hall–Kier alpha value is -2.39. The van der Waals surface area contributed by atoms with E-state index in [0.717, 1.165) is 24.1 Å². The molecule has 4 rings (SSSR count). The molecular weight excluding hydrogens is 326 g/mol. The van der Waals surface area contributed by atoms with Gasteiger partial charge < -0.3 is 4.90 Å². The number of carbonyl (C=O) groups is 1. The Morgan fingerprint density at radius 3 is 2.56 bits per heavy atom. The van der Waals surface area contributed by atoms with E-state index in [0.29, 0.717) is 0 Å². The number of hydrogen-bond donors (Lipinski definition) is 0. The Labute approximate surface area is 152 Å². The minimum Gasteiger partial charge on any atom is -0.327 e. The molecule has 0 saturated heterocycles. The summed E-state index contributed by atoms with van der Waals surface area (Å²) in [6.45, 7) is 4.87. The third kappa shape index (κ3) is 2.89. The van der Waals surface area contributed by atoms with Gasteiger partial charge in [0.1, 0.15) is 0 Å². The third-order valence-electron chi connectivity index (χ3n) is 5.00. The van der Waals surface area contributed by atoms with Crippen molar-refractivity contribution in [1.29, 1.82) is 0 Å². The molecule has 0 radical (unpaired) electrons. The molecule has 1 aromatic heterocycles. The molecule has 126 valence electrons. The second-order valence-electron chi connectivity index (χ2n) is 6.68. The smallest absolute Gasteiger partial charge is 0.254 e. The van der Waals surface area contributed by atoms with Gasteiger partial charge in [-0.1, -0.05) is 48.0 Å². The topological polar surface area (TPSA) is 20.3 Å². The lowest BCUT2D eigenvalue weighted by atomic mass is 9.91. The van der Waals surface area contributed by atoms with Crippen LogP contribution >= 0.6 is 11.3 Å². The van der Waals surface area contributed by atoms with E-state index in [2.05, 4.69) is 42.6 Å². The van der Waals surface area contributed by atoms with Gasteiger partial charge in [-0.15, -0.1) is 11.3 Å². The van der Waals surface area contributed by atoms with Crippen LogP contribution in [0.1, 0.15) is 43.5 Å². The maximum Gasteiger partial charge on any atom is 0.254 e. The van der Waals surface area contributed by atoms with Gasteiger partial charge in [-0.25, -0.2) is 0 Å². The fourth-order valence-electron chi connectivity index (χ4n) is 3.61. The fourth-order valence-corrected chi connectivity index (χ4v) is 4.51. The Balaban J connectivity index is 1.79. The summed E-state index contributed by atoms with van der Waals surface area (Å²) in [6.07, 6.45) is 0.937. The highest BCUT2D eigenvalue weighted by Gasteiger charge is 2.33. The molecule has 0 spiro atoms. The zero-order valence-electron chi connectivity index (χ0n) is 14.5. The minimum atomic E-state index is 0.00251. The van der Waals surface area contributed by atoms with Crippen LogP contribution < -0.4 is 0 Å². The summed E-state index contributed by atoms with van der Waals surface area (Å²) in [5, 5.41) is 2.15. The van der Waals surface area contributed by atoms with Crippen LogP contribution in [0.2, 0.25) is 0 Å². The number of aryl methyl sites for hydroxylation is 2. The van der Waals surface area contributed by atoms with Crippen LogP contribution in [0.15, 0.2) is 60.0 Å². The summed E-state index contributed by atoms with van der Waals surface area (Å²) in [6, 6.07) is 18.6. The van der Waals surface area contributed by atoms with Crippen molar-refractivity contribution < 1.29 is 4.79 Å². The largest absolute Gasteiger partial charge is 0.327 e. The summed E-state index contributed by atoms with van der Waals surface area (Å²) in [5.41, 5.74) is 5.54.